The molecule has 18 heavy (non-hydrogen) atoms. The maximum absolute atomic E-state index is 6.11. The van der Waals surface area contributed by atoms with Crippen LogP contribution in [0, 0.1) is 0 Å². The second-order valence-electron chi connectivity index (χ2n) is 3.56. The van der Waals surface area contributed by atoms with E-state index in [-0.39, 0.29) is 0 Å². The zero-order valence-electron chi connectivity index (χ0n) is 9.35. The van der Waals surface area contributed by atoms with Gasteiger partial charge in [0, 0.05) is 11.1 Å². The summed E-state index contributed by atoms with van der Waals surface area (Å²) in [6.45, 7) is 1.93. The summed E-state index contributed by atoms with van der Waals surface area (Å²) in [6.07, 6.45) is 0.668. The molecule has 0 amide bonds. The van der Waals surface area contributed by atoms with Crippen molar-refractivity contribution in [3.63, 3.8) is 0 Å². The topological polar surface area (TPSA) is 25.8 Å². The van der Waals surface area contributed by atoms with Crippen LogP contribution in [-0.4, -0.2) is 9.97 Å². The van der Waals surface area contributed by atoms with Crippen LogP contribution in [-0.2, 0) is 6.42 Å². The van der Waals surface area contributed by atoms with Gasteiger partial charge >= 0.3 is 0 Å². The van der Waals surface area contributed by atoms with Gasteiger partial charge in [0.25, 0.3) is 0 Å². The number of aromatic nitrogens is 2. The minimum Gasteiger partial charge on any atom is -0.216 e. The SMILES string of the molecule is CCc1c(Cl)nc(-c2cccc(Cl)c2Cl)nc1Cl. The fourth-order valence-electron chi connectivity index (χ4n) is 1.52. The van der Waals surface area contributed by atoms with Gasteiger partial charge in [0.15, 0.2) is 5.82 Å². The van der Waals surface area contributed by atoms with Crippen molar-refractivity contribution in [1.82, 2.24) is 9.97 Å². The van der Waals surface area contributed by atoms with E-state index in [4.69, 9.17) is 46.4 Å². The molecule has 0 atom stereocenters. The van der Waals surface area contributed by atoms with E-state index in [1.54, 1.807) is 18.2 Å². The Kier molecular flexibility index (Phi) is 4.33. The number of benzene rings is 1. The van der Waals surface area contributed by atoms with Crippen LogP contribution in [0.2, 0.25) is 20.4 Å². The second kappa shape index (κ2) is 5.62. The highest BCUT2D eigenvalue weighted by Crippen LogP contribution is 2.33. The number of rotatable bonds is 2. The molecule has 2 aromatic rings. The van der Waals surface area contributed by atoms with Gasteiger partial charge in [-0.15, -0.1) is 0 Å². The molecule has 0 N–H and O–H groups in total. The van der Waals surface area contributed by atoms with Gasteiger partial charge in [-0.05, 0) is 18.6 Å². The van der Waals surface area contributed by atoms with E-state index < -0.39 is 0 Å². The molecule has 0 radical (unpaired) electrons. The summed E-state index contributed by atoms with van der Waals surface area (Å²) in [7, 11) is 0. The van der Waals surface area contributed by atoms with Crippen molar-refractivity contribution < 1.29 is 0 Å². The molecule has 0 saturated heterocycles. The summed E-state index contributed by atoms with van der Waals surface area (Å²) in [4.78, 5) is 8.41. The van der Waals surface area contributed by atoms with E-state index in [1.807, 2.05) is 6.92 Å². The van der Waals surface area contributed by atoms with Crippen molar-refractivity contribution in [1.29, 1.82) is 0 Å². The molecule has 0 aliphatic carbocycles. The van der Waals surface area contributed by atoms with E-state index in [1.165, 1.54) is 0 Å². The van der Waals surface area contributed by atoms with Crippen molar-refractivity contribution in [2.75, 3.05) is 0 Å². The molecule has 0 bridgehead atoms. The summed E-state index contributed by atoms with van der Waals surface area (Å²) < 4.78 is 0. The lowest BCUT2D eigenvalue weighted by atomic mass is 10.2. The van der Waals surface area contributed by atoms with Gasteiger partial charge in [0.05, 0.1) is 10.0 Å². The van der Waals surface area contributed by atoms with E-state index in [0.29, 0.717) is 38.2 Å². The molecule has 0 spiro atoms. The quantitative estimate of drug-likeness (QED) is 0.699. The second-order valence-corrected chi connectivity index (χ2v) is 5.06. The first kappa shape index (κ1) is 13.9. The highest BCUT2D eigenvalue weighted by atomic mass is 35.5. The van der Waals surface area contributed by atoms with Crippen molar-refractivity contribution in [2.24, 2.45) is 0 Å². The molecule has 1 aromatic carbocycles. The molecule has 1 aromatic heterocycles. The van der Waals surface area contributed by atoms with Gasteiger partial charge < -0.3 is 0 Å². The van der Waals surface area contributed by atoms with Gasteiger partial charge in [-0.3, -0.25) is 0 Å². The van der Waals surface area contributed by atoms with Crippen LogP contribution in [0.15, 0.2) is 18.2 Å². The number of nitrogens with zero attached hydrogens (tertiary/aromatic N) is 2. The van der Waals surface area contributed by atoms with Gasteiger partial charge in [0.1, 0.15) is 10.3 Å². The highest BCUT2D eigenvalue weighted by molar-refractivity contribution is 6.43. The van der Waals surface area contributed by atoms with Gasteiger partial charge in [-0.25, -0.2) is 9.97 Å². The average molecular weight is 322 g/mol. The summed E-state index contributed by atoms with van der Waals surface area (Å²) in [5, 5.41) is 1.49. The van der Waals surface area contributed by atoms with E-state index in [9.17, 15) is 0 Å². The van der Waals surface area contributed by atoms with Crippen LogP contribution in [0.1, 0.15) is 12.5 Å². The fraction of sp³-hybridized carbons (Fsp3) is 0.167. The molecule has 0 aliphatic heterocycles. The van der Waals surface area contributed by atoms with Crippen LogP contribution in [0.5, 0.6) is 0 Å². The summed E-state index contributed by atoms with van der Waals surface area (Å²) in [5.41, 5.74) is 1.33. The maximum atomic E-state index is 6.11. The number of hydrogen-bond donors (Lipinski definition) is 0. The fourth-order valence-corrected chi connectivity index (χ4v) is 2.56. The minimum atomic E-state index is 0.337. The molecule has 0 saturated carbocycles. The standard InChI is InChI=1S/C12H8Cl4N2/c1-2-6-10(15)17-12(18-11(6)16)7-4-3-5-8(13)9(7)14/h3-5H,2H2,1H3. The third-order valence-electron chi connectivity index (χ3n) is 2.45. The lowest BCUT2D eigenvalue weighted by Gasteiger charge is -2.08. The molecule has 0 unspecified atom stereocenters. The van der Waals surface area contributed by atoms with E-state index in [2.05, 4.69) is 9.97 Å². The van der Waals surface area contributed by atoms with Crippen LogP contribution >= 0.6 is 46.4 Å². The zero-order valence-corrected chi connectivity index (χ0v) is 12.4. The third kappa shape index (κ3) is 2.57. The van der Waals surface area contributed by atoms with E-state index in [0.717, 1.165) is 5.56 Å². The van der Waals surface area contributed by atoms with Crippen molar-refractivity contribution in [2.45, 2.75) is 13.3 Å². The zero-order chi connectivity index (χ0) is 13.3. The van der Waals surface area contributed by atoms with Crippen LogP contribution in [0.3, 0.4) is 0 Å². The first-order valence-corrected chi connectivity index (χ1v) is 6.72. The summed E-state index contributed by atoms with van der Waals surface area (Å²) in [5.74, 6) is 0.370. The highest BCUT2D eigenvalue weighted by Gasteiger charge is 2.14. The number of hydrogen-bond acceptors (Lipinski definition) is 2. The monoisotopic (exact) mass is 320 g/mol. The Hall–Kier alpha value is -0.540. The largest absolute Gasteiger partial charge is 0.216 e. The van der Waals surface area contributed by atoms with Crippen LogP contribution in [0.25, 0.3) is 11.4 Å². The molecule has 0 aliphatic rings. The maximum Gasteiger partial charge on any atom is 0.164 e. The molecule has 1 heterocycles. The molecular formula is C12H8Cl4N2. The molecule has 2 rings (SSSR count). The molecular weight excluding hydrogens is 314 g/mol. The van der Waals surface area contributed by atoms with Crippen molar-refractivity contribution in [3.8, 4) is 11.4 Å². The molecule has 94 valence electrons. The van der Waals surface area contributed by atoms with Gasteiger partial charge in [-0.2, -0.15) is 0 Å². The Bertz CT molecular complexity index is 576. The first-order chi connectivity index (χ1) is 8.54. The molecule has 2 nitrogen and oxygen atoms in total. The Morgan fingerprint density at radius 2 is 1.61 bits per heavy atom. The van der Waals surface area contributed by atoms with Crippen LogP contribution < -0.4 is 0 Å². The smallest absolute Gasteiger partial charge is 0.164 e. The van der Waals surface area contributed by atoms with Gasteiger partial charge in [-0.1, -0.05) is 59.4 Å². The number of halogens is 4. The third-order valence-corrected chi connectivity index (χ3v) is 3.90. The molecule has 6 heteroatoms. The Morgan fingerprint density at radius 1 is 1.00 bits per heavy atom. The lowest BCUT2D eigenvalue weighted by molar-refractivity contribution is 1.05. The Labute approximate surface area is 125 Å². The first-order valence-electron chi connectivity index (χ1n) is 5.21. The predicted molar refractivity (Wildman–Crippen MR) is 76.9 cm³/mol. The Balaban J connectivity index is 2.62. The van der Waals surface area contributed by atoms with Crippen molar-refractivity contribution >= 4 is 46.4 Å². The lowest BCUT2D eigenvalue weighted by Crippen LogP contribution is -1.97. The Morgan fingerprint density at radius 3 is 2.17 bits per heavy atom. The normalized spacial score (nSPS) is 10.7. The van der Waals surface area contributed by atoms with E-state index >= 15 is 0 Å². The van der Waals surface area contributed by atoms with Gasteiger partial charge in [0.2, 0.25) is 0 Å². The minimum absolute atomic E-state index is 0.337. The van der Waals surface area contributed by atoms with Crippen molar-refractivity contribution in [3.05, 3.63) is 44.1 Å². The van der Waals surface area contributed by atoms with Crippen LogP contribution in [0.4, 0.5) is 0 Å². The predicted octanol–water partition coefficient (Wildman–Crippen LogP) is 5.32. The summed E-state index contributed by atoms with van der Waals surface area (Å²) >= 11 is 24.2. The average Bonchev–Trinajstić information content (AvgIpc) is 2.32. The molecule has 0 fully saturated rings. The summed E-state index contributed by atoms with van der Waals surface area (Å²) in [6, 6.07) is 5.22.